The standard InChI is InChI=1S/C11H13N3O3S2/c1-7-8(4-9(18-7)10(15)17-2)5-14-6-12-13-11(14)19(3)16/h4,6H,5H2,1-3H3/t19-/m1/s1. The van der Waals surface area contributed by atoms with Crippen molar-refractivity contribution in [3.63, 3.8) is 0 Å². The Morgan fingerprint density at radius 2 is 2.32 bits per heavy atom. The minimum atomic E-state index is -1.19. The van der Waals surface area contributed by atoms with E-state index in [4.69, 9.17) is 4.74 Å². The molecule has 2 heterocycles. The Hall–Kier alpha value is -1.54. The van der Waals surface area contributed by atoms with E-state index in [2.05, 4.69) is 10.2 Å². The van der Waals surface area contributed by atoms with Gasteiger partial charge in [0.25, 0.3) is 0 Å². The van der Waals surface area contributed by atoms with Crippen LogP contribution in [-0.4, -0.2) is 38.3 Å². The van der Waals surface area contributed by atoms with E-state index in [1.165, 1.54) is 24.8 Å². The molecule has 0 aliphatic rings. The molecule has 0 fully saturated rings. The summed E-state index contributed by atoms with van der Waals surface area (Å²) in [4.78, 5) is 13.0. The Kier molecular flexibility index (Phi) is 4.11. The largest absolute Gasteiger partial charge is 0.465 e. The van der Waals surface area contributed by atoms with Crippen molar-refractivity contribution in [3.05, 3.63) is 27.7 Å². The van der Waals surface area contributed by atoms with Gasteiger partial charge in [-0.2, -0.15) is 0 Å². The topological polar surface area (TPSA) is 74.1 Å². The number of esters is 1. The number of hydrogen-bond acceptors (Lipinski definition) is 6. The quantitative estimate of drug-likeness (QED) is 0.794. The highest BCUT2D eigenvalue weighted by Crippen LogP contribution is 2.23. The fraction of sp³-hybridized carbons (Fsp3) is 0.364. The molecule has 0 saturated heterocycles. The molecule has 0 radical (unpaired) electrons. The monoisotopic (exact) mass is 299 g/mol. The summed E-state index contributed by atoms with van der Waals surface area (Å²) >= 11 is 1.38. The number of aryl methyl sites for hydroxylation is 1. The van der Waals surface area contributed by atoms with Crippen LogP contribution in [0.15, 0.2) is 17.6 Å². The van der Waals surface area contributed by atoms with Crippen LogP contribution >= 0.6 is 11.3 Å². The number of nitrogens with zero attached hydrogens (tertiary/aromatic N) is 3. The second kappa shape index (κ2) is 5.62. The van der Waals surface area contributed by atoms with Gasteiger partial charge in [0.2, 0.25) is 5.16 Å². The number of carbonyl (C=O) groups is 1. The van der Waals surface area contributed by atoms with Crippen LogP contribution in [0.2, 0.25) is 0 Å². The first-order valence-electron chi connectivity index (χ1n) is 5.41. The molecule has 0 aliphatic carbocycles. The zero-order chi connectivity index (χ0) is 14.0. The maximum Gasteiger partial charge on any atom is 0.348 e. The van der Waals surface area contributed by atoms with Gasteiger partial charge in [0.05, 0.1) is 24.5 Å². The van der Waals surface area contributed by atoms with Gasteiger partial charge in [0, 0.05) is 11.1 Å². The Morgan fingerprint density at radius 3 is 2.95 bits per heavy atom. The Balaban J connectivity index is 2.28. The Bertz CT molecular complexity index is 633. The Labute approximate surface area is 116 Å². The molecule has 0 unspecified atom stereocenters. The van der Waals surface area contributed by atoms with Gasteiger partial charge < -0.3 is 9.30 Å². The first kappa shape index (κ1) is 13.9. The normalized spacial score (nSPS) is 12.4. The summed E-state index contributed by atoms with van der Waals surface area (Å²) in [7, 11) is 0.164. The zero-order valence-electron chi connectivity index (χ0n) is 10.7. The van der Waals surface area contributed by atoms with E-state index in [1.807, 2.05) is 6.92 Å². The number of ether oxygens (including phenoxy) is 1. The van der Waals surface area contributed by atoms with Crippen LogP contribution in [0.4, 0.5) is 0 Å². The molecule has 1 atom stereocenters. The van der Waals surface area contributed by atoms with Crippen LogP contribution in [0, 0.1) is 6.92 Å². The first-order valence-corrected chi connectivity index (χ1v) is 7.79. The average molecular weight is 299 g/mol. The predicted molar refractivity (Wildman–Crippen MR) is 71.9 cm³/mol. The van der Waals surface area contributed by atoms with E-state index in [0.717, 1.165) is 10.4 Å². The maximum absolute atomic E-state index is 11.5. The van der Waals surface area contributed by atoms with Crippen LogP contribution in [0.5, 0.6) is 0 Å². The second-order valence-electron chi connectivity index (χ2n) is 3.88. The van der Waals surface area contributed by atoms with Gasteiger partial charge in [0.15, 0.2) is 0 Å². The van der Waals surface area contributed by atoms with Gasteiger partial charge in [-0.05, 0) is 18.6 Å². The third-order valence-electron chi connectivity index (χ3n) is 2.58. The molecule has 2 aromatic rings. The summed E-state index contributed by atoms with van der Waals surface area (Å²) < 4.78 is 17.9. The van der Waals surface area contributed by atoms with Crippen molar-refractivity contribution in [2.75, 3.05) is 13.4 Å². The van der Waals surface area contributed by atoms with Crippen molar-refractivity contribution in [2.45, 2.75) is 18.6 Å². The minimum absolute atomic E-state index is 0.345. The van der Waals surface area contributed by atoms with E-state index >= 15 is 0 Å². The van der Waals surface area contributed by atoms with Gasteiger partial charge in [-0.3, -0.25) is 4.21 Å². The number of hydrogen-bond donors (Lipinski definition) is 0. The van der Waals surface area contributed by atoms with Crippen LogP contribution in [-0.2, 0) is 22.1 Å². The lowest BCUT2D eigenvalue weighted by Gasteiger charge is -2.03. The zero-order valence-corrected chi connectivity index (χ0v) is 12.4. The van der Waals surface area contributed by atoms with Crippen molar-refractivity contribution < 1.29 is 13.7 Å². The minimum Gasteiger partial charge on any atom is -0.465 e. The third kappa shape index (κ3) is 2.90. The molecule has 0 aliphatic heterocycles. The van der Waals surface area contributed by atoms with Crippen molar-refractivity contribution in [3.8, 4) is 0 Å². The molecule has 19 heavy (non-hydrogen) atoms. The number of rotatable bonds is 4. The SMILES string of the molecule is COC(=O)c1cc(Cn2cnnc2[S@@](C)=O)c(C)s1. The van der Waals surface area contributed by atoms with E-state index in [0.29, 0.717) is 16.6 Å². The highest BCUT2D eigenvalue weighted by molar-refractivity contribution is 7.84. The average Bonchev–Trinajstić information content (AvgIpc) is 2.96. The molecule has 102 valence electrons. The lowest BCUT2D eigenvalue weighted by atomic mass is 10.2. The molecule has 0 bridgehead atoms. The van der Waals surface area contributed by atoms with Gasteiger partial charge >= 0.3 is 5.97 Å². The highest BCUT2D eigenvalue weighted by Gasteiger charge is 2.15. The third-order valence-corrected chi connectivity index (χ3v) is 4.49. The van der Waals surface area contributed by atoms with E-state index in [9.17, 15) is 9.00 Å². The molecule has 6 nitrogen and oxygen atoms in total. The van der Waals surface area contributed by atoms with Crippen LogP contribution in [0.3, 0.4) is 0 Å². The lowest BCUT2D eigenvalue weighted by molar-refractivity contribution is 0.0606. The van der Waals surface area contributed by atoms with Crippen LogP contribution in [0.25, 0.3) is 0 Å². The summed E-state index contributed by atoms with van der Waals surface area (Å²) in [6.07, 6.45) is 3.09. The summed E-state index contributed by atoms with van der Waals surface area (Å²) in [5.41, 5.74) is 0.969. The van der Waals surface area contributed by atoms with Gasteiger partial charge in [-0.1, -0.05) is 0 Å². The second-order valence-corrected chi connectivity index (χ2v) is 6.41. The molecule has 2 aromatic heterocycles. The first-order chi connectivity index (χ1) is 9.02. The smallest absolute Gasteiger partial charge is 0.348 e. The highest BCUT2D eigenvalue weighted by atomic mass is 32.2. The van der Waals surface area contributed by atoms with E-state index in [-0.39, 0.29) is 5.97 Å². The number of carbonyl (C=O) groups excluding carboxylic acids is 1. The van der Waals surface area contributed by atoms with Crippen LogP contribution < -0.4 is 0 Å². The molecule has 0 saturated carbocycles. The van der Waals surface area contributed by atoms with Crippen molar-refractivity contribution in [1.82, 2.24) is 14.8 Å². The molecular formula is C11H13N3O3S2. The molecule has 0 spiro atoms. The summed E-state index contributed by atoms with van der Waals surface area (Å²) in [5.74, 6) is -0.345. The van der Waals surface area contributed by atoms with Crippen LogP contribution in [0.1, 0.15) is 20.1 Å². The fourth-order valence-electron chi connectivity index (χ4n) is 1.64. The molecule has 0 N–H and O–H groups in total. The number of methoxy groups -OCH3 is 1. The van der Waals surface area contributed by atoms with Gasteiger partial charge in [-0.25, -0.2) is 4.79 Å². The number of thiophene rings is 1. The van der Waals surface area contributed by atoms with Crippen molar-refractivity contribution in [1.29, 1.82) is 0 Å². The molecular weight excluding hydrogens is 286 g/mol. The Morgan fingerprint density at radius 1 is 1.58 bits per heavy atom. The lowest BCUT2D eigenvalue weighted by Crippen LogP contribution is -2.05. The van der Waals surface area contributed by atoms with E-state index in [1.54, 1.807) is 16.9 Å². The summed E-state index contributed by atoms with van der Waals surface area (Å²) in [6.45, 7) is 2.42. The summed E-state index contributed by atoms with van der Waals surface area (Å²) in [5, 5.41) is 8.00. The molecule has 0 aromatic carbocycles. The molecule has 0 amide bonds. The molecule has 2 rings (SSSR count). The maximum atomic E-state index is 11.5. The summed E-state index contributed by atoms with van der Waals surface area (Å²) in [6, 6.07) is 1.79. The molecule has 8 heteroatoms. The van der Waals surface area contributed by atoms with E-state index < -0.39 is 10.8 Å². The van der Waals surface area contributed by atoms with Gasteiger partial charge in [-0.15, -0.1) is 21.5 Å². The van der Waals surface area contributed by atoms with Crippen molar-refractivity contribution >= 4 is 28.1 Å². The van der Waals surface area contributed by atoms with Crippen molar-refractivity contribution in [2.24, 2.45) is 0 Å². The fourth-order valence-corrected chi connectivity index (χ4v) is 3.19. The van der Waals surface area contributed by atoms with Gasteiger partial charge in [0.1, 0.15) is 11.2 Å². The number of aromatic nitrogens is 3. The predicted octanol–water partition coefficient (Wildman–Crippen LogP) is 1.22.